The number of benzene rings is 1. The predicted molar refractivity (Wildman–Crippen MR) is 104 cm³/mol. The van der Waals surface area contributed by atoms with E-state index >= 15 is 0 Å². The van der Waals surface area contributed by atoms with Crippen molar-refractivity contribution in [2.24, 2.45) is 0 Å². The minimum atomic E-state index is -0.157. The maximum atomic E-state index is 12.0. The first-order valence-corrected chi connectivity index (χ1v) is 10.00. The van der Waals surface area contributed by atoms with Gasteiger partial charge in [0, 0.05) is 18.0 Å². The van der Waals surface area contributed by atoms with Crippen LogP contribution in [-0.2, 0) is 13.0 Å². The average Bonchev–Trinajstić information content (AvgIpc) is 3.34. The highest BCUT2D eigenvalue weighted by Crippen LogP contribution is 2.32. The molecular weight excluding hydrogens is 348 g/mol. The molecule has 5 nitrogen and oxygen atoms in total. The van der Waals surface area contributed by atoms with E-state index < -0.39 is 0 Å². The summed E-state index contributed by atoms with van der Waals surface area (Å²) in [7, 11) is 1.65. The monoisotopic (exact) mass is 374 g/mol. The largest absolute Gasteiger partial charge is 0.493 e. The normalized spacial score (nSPS) is 14.2. The number of hydrogen-bond donors (Lipinski definition) is 2. The van der Waals surface area contributed by atoms with E-state index in [2.05, 4.69) is 16.7 Å². The van der Waals surface area contributed by atoms with Gasteiger partial charge in [-0.3, -0.25) is 0 Å². The van der Waals surface area contributed by atoms with Crippen LogP contribution in [0.5, 0.6) is 11.5 Å². The molecule has 3 rings (SSSR count). The quantitative estimate of drug-likeness (QED) is 0.731. The number of hydrogen-bond acceptors (Lipinski definition) is 4. The number of thiophene rings is 1. The fourth-order valence-electron chi connectivity index (χ4n) is 3.11. The number of ether oxygens (including phenoxy) is 2. The van der Waals surface area contributed by atoms with Gasteiger partial charge in [0.25, 0.3) is 0 Å². The van der Waals surface area contributed by atoms with E-state index in [1.54, 1.807) is 18.4 Å². The van der Waals surface area contributed by atoms with Gasteiger partial charge in [-0.25, -0.2) is 4.79 Å². The van der Waals surface area contributed by atoms with E-state index in [4.69, 9.17) is 9.47 Å². The summed E-state index contributed by atoms with van der Waals surface area (Å²) in [5.41, 5.74) is 0.993. The lowest BCUT2D eigenvalue weighted by molar-refractivity contribution is 0.200. The first kappa shape index (κ1) is 18.6. The Bertz CT molecular complexity index is 697. The molecule has 0 atom stereocenters. The number of carbonyl (C=O) groups is 1. The molecule has 0 radical (unpaired) electrons. The summed E-state index contributed by atoms with van der Waals surface area (Å²) in [6.07, 6.45) is 5.76. The van der Waals surface area contributed by atoms with Crippen molar-refractivity contribution in [1.82, 2.24) is 10.6 Å². The smallest absolute Gasteiger partial charge is 0.315 e. The highest BCUT2D eigenvalue weighted by atomic mass is 32.1. The summed E-state index contributed by atoms with van der Waals surface area (Å²) in [5.74, 6) is 1.50. The van der Waals surface area contributed by atoms with Crippen molar-refractivity contribution >= 4 is 17.4 Å². The van der Waals surface area contributed by atoms with E-state index in [0.29, 0.717) is 13.1 Å². The molecule has 0 saturated heterocycles. The number of urea groups is 1. The molecule has 1 aromatic heterocycles. The van der Waals surface area contributed by atoms with Crippen LogP contribution in [0.25, 0.3) is 0 Å². The van der Waals surface area contributed by atoms with Crippen LogP contribution < -0.4 is 20.1 Å². The zero-order valence-corrected chi connectivity index (χ0v) is 15.9. The van der Waals surface area contributed by atoms with Crippen LogP contribution in [0.2, 0.25) is 0 Å². The Morgan fingerprint density at radius 1 is 1.19 bits per heavy atom. The van der Waals surface area contributed by atoms with Gasteiger partial charge in [0.1, 0.15) is 0 Å². The minimum absolute atomic E-state index is 0.157. The van der Waals surface area contributed by atoms with Gasteiger partial charge in [0.15, 0.2) is 11.5 Å². The maximum absolute atomic E-state index is 12.0. The molecule has 1 saturated carbocycles. The van der Waals surface area contributed by atoms with Crippen LogP contribution in [-0.4, -0.2) is 25.8 Å². The Morgan fingerprint density at radius 2 is 2.04 bits per heavy atom. The van der Waals surface area contributed by atoms with Crippen molar-refractivity contribution < 1.29 is 14.3 Å². The topological polar surface area (TPSA) is 59.6 Å². The molecule has 2 aromatic rings. The molecule has 0 unspecified atom stereocenters. The van der Waals surface area contributed by atoms with Crippen LogP contribution in [0.3, 0.4) is 0 Å². The van der Waals surface area contributed by atoms with Crippen molar-refractivity contribution in [2.45, 2.75) is 44.8 Å². The first-order chi connectivity index (χ1) is 12.7. The maximum Gasteiger partial charge on any atom is 0.315 e. The fraction of sp³-hybridized carbons (Fsp3) is 0.450. The van der Waals surface area contributed by atoms with E-state index in [1.165, 1.54) is 17.7 Å². The molecule has 2 amide bonds. The summed E-state index contributed by atoms with van der Waals surface area (Å²) < 4.78 is 11.5. The summed E-state index contributed by atoms with van der Waals surface area (Å²) in [6, 6.07) is 9.75. The lowest BCUT2D eigenvalue weighted by atomic mass is 10.2. The summed E-state index contributed by atoms with van der Waals surface area (Å²) in [6.45, 7) is 1.08. The van der Waals surface area contributed by atoms with Gasteiger partial charge in [-0.2, -0.15) is 0 Å². The van der Waals surface area contributed by atoms with Crippen LogP contribution in [0, 0.1) is 0 Å². The molecule has 1 aliphatic rings. The number of nitrogens with one attached hydrogen (secondary N) is 2. The Labute approximate surface area is 158 Å². The molecule has 1 aromatic carbocycles. The van der Waals surface area contributed by atoms with Crippen LogP contribution in [0.15, 0.2) is 35.7 Å². The third-order valence-corrected chi connectivity index (χ3v) is 5.45. The van der Waals surface area contributed by atoms with Gasteiger partial charge in [0.05, 0.1) is 13.2 Å². The fourth-order valence-corrected chi connectivity index (χ4v) is 3.82. The van der Waals surface area contributed by atoms with Crippen molar-refractivity contribution in [1.29, 1.82) is 0 Å². The van der Waals surface area contributed by atoms with Gasteiger partial charge in [0.2, 0.25) is 0 Å². The standard InChI is InChI=1S/C20H26N2O3S/c1-24-18-9-8-15(13-19(18)25-16-5-2-3-6-16)14-22-20(23)21-11-10-17-7-4-12-26-17/h4,7-9,12-13,16H,2-3,5-6,10-11,14H2,1H3,(H2,21,22,23). The molecule has 26 heavy (non-hydrogen) atoms. The molecular formula is C20H26N2O3S. The van der Waals surface area contributed by atoms with E-state index in [-0.39, 0.29) is 12.1 Å². The zero-order valence-electron chi connectivity index (χ0n) is 15.1. The van der Waals surface area contributed by atoms with Gasteiger partial charge >= 0.3 is 6.03 Å². The molecule has 2 N–H and O–H groups in total. The predicted octanol–water partition coefficient (Wildman–Crippen LogP) is 4.12. The second-order valence-corrected chi connectivity index (χ2v) is 7.48. The zero-order chi connectivity index (χ0) is 18.2. The Balaban J connectivity index is 1.48. The average molecular weight is 375 g/mol. The number of amides is 2. The Kier molecular flexibility index (Phi) is 6.77. The molecule has 1 fully saturated rings. The third kappa shape index (κ3) is 5.39. The third-order valence-electron chi connectivity index (χ3n) is 4.51. The molecule has 0 spiro atoms. The molecule has 1 heterocycles. The lowest BCUT2D eigenvalue weighted by Gasteiger charge is -2.17. The van der Waals surface area contributed by atoms with Crippen molar-refractivity contribution in [3.8, 4) is 11.5 Å². The minimum Gasteiger partial charge on any atom is -0.493 e. The lowest BCUT2D eigenvalue weighted by Crippen LogP contribution is -2.36. The SMILES string of the molecule is COc1ccc(CNC(=O)NCCc2cccs2)cc1OC1CCCC1. The highest BCUT2D eigenvalue weighted by Gasteiger charge is 2.18. The summed E-state index contributed by atoms with van der Waals surface area (Å²) in [4.78, 5) is 13.2. The second kappa shape index (κ2) is 9.48. The molecule has 0 aliphatic heterocycles. The van der Waals surface area contributed by atoms with E-state index in [9.17, 15) is 4.79 Å². The van der Waals surface area contributed by atoms with Crippen molar-refractivity contribution in [3.63, 3.8) is 0 Å². The van der Waals surface area contributed by atoms with E-state index in [1.807, 2.05) is 29.6 Å². The van der Waals surface area contributed by atoms with Crippen LogP contribution in [0.4, 0.5) is 4.79 Å². The summed E-state index contributed by atoms with van der Waals surface area (Å²) >= 11 is 1.71. The Morgan fingerprint density at radius 3 is 2.77 bits per heavy atom. The second-order valence-electron chi connectivity index (χ2n) is 6.45. The number of rotatable bonds is 8. The number of methoxy groups -OCH3 is 1. The van der Waals surface area contributed by atoms with E-state index in [0.717, 1.165) is 36.3 Å². The summed E-state index contributed by atoms with van der Waals surface area (Å²) in [5, 5.41) is 7.83. The van der Waals surface area contributed by atoms with Crippen molar-refractivity contribution in [3.05, 3.63) is 46.2 Å². The molecule has 1 aliphatic carbocycles. The molecule has 0 bridgehead atoms. The van der Waals surface area contributed by atoms with Gasteiger partial charge < -0.3 is 20.1 Å². The van der Waals surface area contributed by atoms with Crippen molar-refractivity contribution in [2.75, 3.05) is 13.7 Å². The number of carbonyl (C=O) groups excluding carboxylic acids is 1. The van der Waals surface area contributed by atoms with Crippen LogP contribution in [0.1, 0.15) is 36.1 Å². The van der Waals surface area contributed by atoms with Gasteiger partial charge in [-0.1, -0.05) is 12.1 Å². The Hall–Kier alpha value is -2.21. The van der Waals surface area contributed by atoms with Gasteiger partial charge in [-0.15, -0.1) is 11.3 Å². The first-order valence-electron chi connectivity index (χ1n) is 9.12. The molecule has 6 heteroatoms. The molecule has 140 valence electrons. The van der Waals surface area contributed by atoms with Gasteiger partial charge in [-0.05, 0) is 61.2 Å². The van der Waals surface area contributed by atoms with Crippen LogP contribution >= 0.6 is 11.3 Å². The highest BCUT2D eigenvalue weighted by molar-refractivity contribution is 7.09.